The van der Waals surface area contributed by atoms with Crippen LogP contribution >= 0.6 is 0 Å². The lowest BCUT2D eigenvalue weighted by Crippen LogP contribution is -2.46. The van der Waals surface area contributed by atoms with E-state index in [1.807, 2.05) is 7.11 Å². The third-order valence-corrected chi connectivity index (χ3v) is 4.99. The molecule has 0 spiro atoms. The van der Waals surface area contributed by atoms with E-state index in [1.165, 1.54) is 77.8 Å². The number of rotatable bonds is 6. The predicted molar refractivity (Wildman–Crippen MR) is 80.5 cm³/mol. The van der Waals surface area contributed by atoms with Crippen LogP contribution < -0.4 is 0 Å². The number of ether oxygens (including phenoxy) is 1. The van der Waals surface area contributed by atoms with E-state index in [1.54, 1.807) is 0 Å². The van der Waals surface area contributed by atoms with E-state index in [-0.39, 0.29) is 0 Å². The second-order valence-corrected chi connectivity index (χ2v) is 6.35. The van der Waals surface area contributed by atoms with Crippen LogP contribution in [-0.4, -0.2) is 62.3 Å². The molecule has 3 nitrogen and oxygen atoms in total. The Hall–Kier alpha value is -0.120. The van der Waals surface area contributed by atoms with Crippen molar-refractivity contribution >= 4 is 0 Å². The van der Waals surface area contributed by atoms with Gasteiger partial charge in [-0.3, -0.25) is 0 Å². The van der Waals surface area contributed by atoms with E-state index in [9.17, 15) is 0 Å². The van der Waals surface area contributed by atoms with Crippen molar-refractivity contribution in [2.24, 2.45) is 5.92 Å². The highest BCUT2D eigenvalue weighted by Crippen LogP contribution is 2.28. The van der Waals surface area contributed by atoms with Crippen LogP contribution in [0.4, 0.5) is 0 Å². The fourth-order valence-electron chi connectivity index (χ4n) is 3.57. The van der Waals surface area contributed by atoms with E-state index in [0.29, 0.717) is 6.10 Å². The summed E-state index contributed by atoms with van der Waals surface area (Å²) in [6.45, 7) is 10.0. The zero-order valence-corrected chi connectivity index (χ0v) is 12.9. The van der Waals surface area contributed by atoms with E-state index in [2.05, 4.69) is 16.7 Å². The van der Waals surface area contributed by atoms with Crippen molar-refractivity contribution in [1.82, 2.24) is 9.80 Å². The number of hydrogen-bond acceptors (Lipinski definition) is 3. The van der Waals surface area contributed by atoms with Gasteiger partial charge in [-0.1, -0.05) is 6.92 Å². The number of piperazine rings is 1. The summed E-state index contributed by atoms with van der Waals surface area (Å²) >= 11 is 0. The first-order valence-corrected chi connectivity index (χ1v) is 8.29. The minimum Gasteiger partial charge on any atom is -0.381 e. The Morgan fingerprint density at radius 3 is 2.00 bits per heavy atom. The SMILES string of the molecule is CCCN1CCN(CC[C@H]2CC[C@H](OC)CC2)CC1. The Bertz CT molecular complexity index is 231. The standard InChI is InChI=1S/C16H32N2O/c1-3-9-17-11-13-18(14-12-17)10-8-15-4-6-16(19-2)7-5-15/h15-16H,3-14H2,1-2H3/t15-,16-. The van der Waals surface area contributed by atoms with E-state index in [4.69, 9.17) is 4.74 Å². The molecule has 2 rings (SSSR count). The van der Waals surface area contributed by atoms with Crippen LogP contribution in [0.3, 0.4) is 0 Å². The second kappa shape index (κ2) is 8.23. The average Bonchev–Trinajstić information content (AvgIpc) is 2.47. The topological polar surface area (TPSA) is 15.7 Å². The Morgan fingerprint density at radius 2 is 1.47 bits per heavy atom. The zero-order valence-electron chi connectivity index (χ0n) is 12.9. The lowest BCUT2D eigenvalue weighted by molar-refractivity contribution is 0.0518. The number of nitrogens with zero attached hydrogens (tertiary/aromatic N) is 2. The van der Waals surface area contributed by atoms with Gasteiger partial charge in [0.15, 0.2) is 0 Å². The zero-order chi connectivity index (χ0) is 13.5. The largest absolute Gasteiger partial charge is 0.381 e. The molecule has 2 fully saturated rings. The second-order valence-electron chi connectivity index (χ2n) is 6.35. The molecule has 1 aliphatic heterocycles. The van der Waals surface area contributed by atoms with E-state index >= 15 is 0 Å². The van der Waals surface area contributed by atoms with Crippen molar-refractivity contribution < 1.29 is 4.74 Å². The molecule has 112 valence electrons. The van der Waals surface area contributed by atoms with Gasteiger partial charge < -0.3 is 14.5 Å². The molecule has 0 aromatic heterocycles. The van der Waals surface area contributed by atoms with Crippen molar-refractivity contribution in [3.8, 4) is 0 Å². The summed E-state index contributed by atoms with van der Waals surface area (Å²) in [5.41, 5.74) is 0. The molecule has 2 aliphatic rings. The first-order valence-electron chi connectivity index (χ1n) is 8.29. The maximum absolute atomic E-state index is 5.45. The van der Waals surface area contributed by atoms with E-state index < -0.39 is 0 Å². The molecular weight excluding hydrogens is 236 g/mol. The smallest absolute Gasteiger partial charge is 0.0571 e. The minimum atomic E-state index is 0.550. The molecule has 0 unspecified atom stereocenters. The molecule has 1 aliphatic carbocycles. The maximum Gasteiger partial charge on any atom is 0.0571 e. The first kappa shape index (κ1) is 15.3. The molecule has 0 atom stereocenters. The Morgan fingerprint density at radius 1 is 0.895 bits per heavy atom. The van der Waals surface area contributed by atoms with Gasteiger partial charge in [0.25, 0.3) is 0 Å². The molecule has 0 N–H and O–H groups in total. The fraction of sp³-hybridized carbons (Fsp3) is 1.00. The van der Waals surface area contributed by atoms with Crippen LogP contribution in [0.1, 0.15) is 45.4 Å². The van der Waals surface area contributed by atoms with Gasteiger partial charge >= 0.3 is 0 Å². The van der Waals surface area contributed by atoms with Crippen LogP contribution in [0, 0.1) is 5.92 Å². The molecule has 0 bridgehead atoms. The summed E-state index contributed by atoms with van der Waals surface area (Å²) < 4.78 is 5.45. The Labute approximate surface area is 119 Å². The highest BCUT2D eigenvalue weighted by Gasteiger charge is 2.22. The summed E-state index contributed by atoms with van der Waals surface area (Å²) in [4.78, 5) is 5.29. The Kier molecular flexibility index (Phi) is 6.62. The van der Waals surface area contributed by atoms with Crippen molar-refractivity contribution in [3.63, 3.8) is 0 Å². The normalized spacial score (nSPS) is 30.6. The van der Waals surface area contributed by atoms with Crippen LogP contribution in [0.2, 0.25) is 0 Å². The maximum atomic E-state index is 5.45. The summed E-state index contributed by atoms with van der Waals surface area (Å²) in [6.07, 6.45) is 8.58. The van der Waals surface area contributed by atoms with Gasteiger partial charge in [-0.2, -0.15) is 0 Å². The van der Waals surface area contributed by atoms with Crippen molar-refractivity contribution in [2.75, 3.05) is 46.4 Å². The molecule has 1 heterocycles. The third kappa shape index (κ3) is 5.05. The van der Waals surface area contributed by atoms with Gasteiger partial charge in [0, 0.05) is 33.3 Å². The molecule has 0 radical (unpaired) electrons. The van der Waals surface area contributed by atoms with Crippen LogP contribution in [-0.2, 0) is 4.74 Å². The lowest BCUT2D eigenvalue weighted by Gasteiger charge is -2.36. The lowest BCUT2D eigenvalue weighted by atomic mass is 9.85. The van der Waals surface area contributed by atoms with Crippen LogP contribution in [0.15, 0.2) is 0 Å². The highest BCUT2D eigenvalue weighted by atomic mass is 16.5. The van der Waals surface area contributed by atoms with E-state index in [0.717, 1.165) is 5.92 Å². The molecule has 0 aromatic carbocycles. The monoisotopic (exact) mass is 268 g/mol. The van der Waals surface area contributed by atoms with Crippen LogP contribution in [0.5, 0.6) is 0 Å². The summed E-state index contributed by atoms with van der Waals surface area (Å²) in [5.74, 6) is 0.958. The van der Waals surface area contributed by atoms with Crippen molar-refractivity contribution in [1.29, 1.82) is 0 Å². The third-order valence-electron chi connectivity index (χ3n) is 4.99. The average molecular weight is 268 g/mol. The number of hydrogen-bond donors (Lipinski definition) is 0. The number of methoxy groups -OCH3 is 1. The summed E-state index contributed by atoms with van der Waals surface area (Å²) in [5, 5.41) is 0. The van der Waals surface area contributed by atoms with Gasteiger partial charge in [-0.25, -0.2) is 0 Å². The molecule has 3 heteroatoms. The van der Waals surface area contributed by atoms with Gasteiger partial charge in [0.2, 0.25) is 0 Å². The van der Waals surface area contributed by atoms with Gasteiger partial charge in [-0.05, 0) is 57.5 Å². The first-order chi connectivity index (χ1) is 9.31. The quantitative estimate of drug-likeness (QED) is 0.736. The van der Waals surface area contributed by atoms with Crippen molar-refractivity contribution in [2.45, 2.75) is 51.6 Å². The molecule has 0 aromatic rings. The fourth-order valence-corrected chi connectivity index (χ4v) is 3.57. The molecule has 0 amide bonds. The van der Waals surface area contributed by atoms with Gasteiger partial charge in [-0.15, -0.1) is 0 Å². The molecule has 1 saturated carbocycles. The highest BCUT2D eigenvalue weighted by molar-refractivity contribution is 4.76. The predicted octanol–water partition coefficient (Wildman–Crippen LogP) is 2.61. The molecular formula is C16H32N2O. The van der Waals surface area contributed by atoms with Gasteiger partial charge in [0.05, 0.1) is 6.10 Å². The van der Waals surface area contributed by atoms with Crippen LogP contribution in [0.25, 0.3) is 0 Å². The van der Waals surface area contributed by atoms with Gasteiger partial charge in [0.1, 0.15) is 0 Å². The Balaban J connectivity index is 1.57. The molecule has 19 heavy (non-hydrogen) atoms. The summed E-state index contributed by atoms with van der Waals surface area (Å²) in [7, 11) is 1.86. The van der Waals surface area contributed by atoms with Crippen molar-refractivity contribution in [3.05, 3.63) is 0 Å². The minimum absolute atomic E-state index is 0.550. The summed E-state index contributed by atoms with van der Waals surface area (Å²) in [6, 6.07) is 0. The molecule has 1 saturated heterocycles.